The number of carboxylic acids is 2. The van der Waals surface area contributed by atoms with Crippen molar-refractivity contribution in [3.05, 3.63) is 0 Å². The van der Waals surface area contributed by atoms with E-state index < -0.39 is 72.3 Å². The van der Waals surface area contributed by atoms with E-state index in [0.717, 1.165) is 0 Å². The molecular weight excluding hydrogens is 388 g/mol. The van der Waals surface area contributed by atoms with Crippen molar-refractivity contribution in [2.75, 3.05) is 0 Å². The fourth-order valence-corrected chi connectivity index (χ4v) is 2.26. The van der Waals surface area contributed by atoms with Gasteiger partial charge in [-0.25, -0.2) is 4.79 Å². The molecule has 0 spiro atoms. The number of nitrogens with two attached hydrogens (primary N) is 1. The molecule has 8 N–H and O–H groups in total. The Balaban J connectivity index is 5.38. The average Bonchev–Trinajstić information content (AvgIpc) is 2.59. The molecule has 0 fully saturated rings. The molecule has 0 aromatic rings. The molecule has 0 aliphatic rings. The number of aliphatic hydroxyl groups excluding tert-OH is 1. The Hall–Kier alpha value is -2.73. The lowest BCUT2D eigenvalue weighted by atomic mass is 10.0. The van der Waals surface area contributed by atoms with Crippen molar-refractivity contribution in [2.45, 2.75) is 70.8 Å². The van der Waals surface area contributed by atoms with Gasteiger partial charge in [0, 0.05) is 6.42 Å². The molecule has 0 rings (SSSR count). The third-order valence-corrected chi connectivity index (χ3v) is 3.99. The van der Waals surface area contributed by atoms with E-state index in [1.165, 1.54) is 13.8 Å². The second-order valence-corrected chi connectivity index (χ2v) is 7.08. The average molecular weight is 418 g/mol. The van der Waals surface area contributed by atoms with Crippen molar-refractivity contribution >= 4 is 29.7 Å². The Bertz CT molecular complexity index is 621. The van der Waals surface area contributed by atoms with Crippen LogP contribution in [-0.4, -0.2) is 75.3 Å². The first kappa shape index (κ1) is 26.3. The van der Waals surface area contributed by atoms with Gasteiger partial charge >= 0.3 is 11.9 Å². The number of hydrogen-bond acceptors (Lipinski definition) is 7. The monoisotopic (exact) mass is 418 g/mol. The van der Waals surface area contributed by atoms with Gasteiger partial charge in [0.2, 0.25) is 17.7 Å². The number of hydrogen-bond donors (Lipinski definition) is 7. The summed E-state index contributed by atoms with van der Waals surface area (Å²) in [6, 6.07) is -5.06. The first-order valence-electron chi connectivity index (χ1n) is 9.07. The Labute approximate surface area is 168 Å². The van der Waals surface area contributed by atoms with Crippen LogP contribution in [0.25, 0.3) is 0 Å². The zero-order valence-corrected chi connectivity index (χ0v) is 16.8. The van der Waals surface area contributed by atoms with Crippen molar-refractivity contribution in [2.24, 2.45) is 11.7 Å². The van der Waals surface area contributed by atoms with Crippen molar-refractivity contribution in [3.63, 3.8) is 0 Å². The highest BCUT2D eigenvalue weighted by molar-refractivity contribution is 5.94. The number of aliphatic hydroxyl groups is 1. The summed E-state index contributed by atoms with van der Waals surface area (Å²) < 4.78 is 0. The third kappa shape index (κ3) is 9.34. The molecule has 0 radical (unpaired) electrons. The summed E-state index contributed by atoms with van der Waals surface area (Å²) in [5, 5.41) is 34.6. The number of carbonyl (C=O) groups is 5. The largest absolute Gasteiger partial charge is 0.481 e. The summed E-state index contributed by atoms with van der Waals surface area (Å²) in [6.07, 6.45) is -2.13. The van der Waals surface area contributed by atoms with Crippen LogP contribution in [0.5, 0.6) is 0 Å². The van der Waals surface area contributed by atoms with Gasteiger partial charge in [0.25, 0.3) is 0 Å². The topological polar surface area (TPSA) is 208 Å². The van der Waals surface area contributed by atoms with E-state index in [-0.39, 0.29) is 6.42 Å². The predicted molar refractivity (Wildman–Crippen MR) is 100 cm³/mol. The van der Waals surface area contributed by atoms with Gasteiger partial charge in [0.1, 0.15) is 18.1 Å². The zero-order valence-electron chi connectivity index (χ0n) is 16.8. The molecule has 0 aromatic carbocycles. The van der Waals surface area contributed by atoms with Gasteiger partial charge in [-0.2, -0.15) is 0 Å². The van der Waals surface area contributed by atoms with Crippen LogP contribution < -0.4 is 21.7 Å². The summed E-state index contributed by atoms with van der Waals surface area (Å²) in [7, 11) is 0. The minimum atomic E-state index is -1.53. The van der Waals surface area contributed by atoms with Crippen LogP contribution in [0.3, 0.4) is 0 Å². The molecule has 5 unspecified atom stereocenters. The molecule has 0 heterocycles. The molecule has 29 heavy (non-hydrogen) atoms. The highest BCUT2D eigenvalue weighted by Crippen LogP contribution is 2.05. The first-order chi connectivity index (χ1) is 13.3. The molecule has 12 nitrogen and oxygen atoms in total. The maximum absolute atomic E-state index is 12.5. The van der Waals surface area contributed by atoms with Crippen LogP contribution in [0.4, 0.5) is 0 Å². The van der Waals surface area contributed by atoms with Crippen molar-refractivity contribution in [3.8, 4) is 0 Å². The zero-order chi connectivity index (χ0) is 22.9. The van der Waals surface area contributed by atoms with Gasteiger partial charge in [-0.1, -0.05) is 13.8 Å². The highest BCUT2D eigenvalue weighted by Gasteiger charge is 2.33. The van der Waals surface area contributed by atoms with Gasteiger partial charge in [0.05, 0.1) is 12.1 Å². The molecule has 3 amide bonds. The molecule has 0 saturated carbocycles. The summed E-state index contributed by atoms with van der Waals surface area (Å²) in [5.74, 6) is -5.52. The van der Waals surface area contributed by atoms with E-state index in [1.54, 1.807) is 13.8 Å². The molecule has 0 saturated heterocycles. The third-order valence-electron chi connectivity index (χ3n) is 3.99. The smallest absolute Gasteiger partial charge is 0.326 e. The Morgan fingerprint density at radius 2 is 1.34 bits per heavy atom. The van der Waals surface area contributed by atoms with Crippen LogP contribution in [0.2, 0.25) is 0 Å². The van der Waals surface area contributed by atoms with Crippen molar-refractivity contribution in [1.82, 2.24) is 16.0 Å². The van der Waals surface area contributed by atoms with Crippen molar-refractivity contribution < 1.29 is 39.3 Å². The number of carbonyl (C=O) groups excluding carboxylic acids is 3. The number of nitrogens with one attached hydrogen (secondary N) is 3. The van der Waals surface area contributed by atoms with Crippen molar-refractivity contribution in [1.29, 1.82) is 0 Å². The standard InChI is InChI=1S/C17H30N4O8/c1-7(2)12(17(28)29)20-16(27)13(9(4)22)21-15(26)10(5-6-11(23)24)19-14(25)8(3)18/h7-10,12-13,22H,5-6,18H2,1-4H3,(H,19,25)(H,20,27)(H,21,26)(H,23,24)(H,28,29). The summed E-state index contributed by atoms with van der Waals surface area (Å²) >= 11 is 0. The molecule has 166 valence electrons. The summed E-state index contributed by atoms with van der Waals surface area (Å²) in [4.78, 5) is 58.8. The highest BCUT2D eigenvalue weighted by atomic mass is 16.4. The second-order valence-electron chi connectivity index (χ2n) is 7.08. The van der Waals surface area contributed by atoms with Crippen LogP contribution in [0.1, 0.15) is 40.5 Å². The quantitative estimate of drug-likeness (QED) is 0.183. The second kappa shape index (κ2) is 12.0. The molecular formula is C17H30N4O8. The first-order valence-corrected chi connectivity index (χ1v) is 9.07. The molecule has 0 aliphatic heterocycles. The molecule has 5 atom stereocenters. The fraction of sp³-hybridized carbons (Fsp3) is 0.706. The van der Waals surface area contributed by atoms with Crippen LogP contribution in [0, 0.1) is 5.92 Å². The molecule has 0 aliphatic carbocycles. The van der Waals surface area contributed by atoms with Crippen LogP contribution >= 0.6 is 0 Å². The molecule has 12 heteroatoms. The number of amides is 3. The van der Waals surface area contributed by atoms with E-state index in [9.17, 15) is 34.2 Å². The van der Waals surface area contributed by atoms with Gasteiger partial charge in [-0.05, 0) is 26.2 Å². The van der Waals surface area contributed by atoms with Gasteiger partial charge < -0.3 is 37.0 Å². The molecule has 0 aromatic heterocycles. The Morgan fingerprint density at radius 1 is 0.828 bits per heavy atom. The van der Waals surface area contributed by atoms with Crippen LogP contribution in [0.15, 0.2) is 0 Å². The maximum atomic E-state index is 12.5. The number of rotatable bonds is 12. The minimum Gasteiger partial charge on any atom is -0.481 e. The molecule has 0 bridgehead atoms. The number of carboxylic acid groups (broad SMARTS) is 2. The minimum absolute atomic E-state index is 0.280. The Morgan fingerprint density at radius 3 is 1.72 bits per heavy atom. The SMILES string of the molecule is CC(N)C(=O)NC(CCC(=O)O)C(=O)NC(C(=O)NC(C(=O)O)C(C)C)C(C)O. The lowest BCUT2D eigenvalue weighted by Crippen LogP contribution is -2.60. The number of aliphatic carboxylic acids is 2. The van der Waals surface area contributed by atoms with Crippen LogP contribution in [-0.2, 0) is 24.0 Å². The lowest BCUT2D eigenvalue weighted by Gasteiger charge is -2.27. The Kier molecular flexibility index (Phi) is 10.8. The maximum Gasteiger partial charge on any atom is 0.326 e. The van der Waals surface area contributed by atoms with Gasteiger partial charge in [-0.15, -0.1) is 0 Å². The van der Waals surface area contributed by atoms with E-state index in [0.29, 0.717) is 0 Å². The van der Waals surface area contributed by atoms with E-state index in [4.69, 9.17) is 10.8 Å². The van der Waals surface area contributed by atoms with E-state index in [2.05, 4.69) is 16.0 Å². The fourth-order valence-electron chi connectivity index (χ4n) is 2.26. The van der Waals surface area contributed by atoms with Gasteiger partial charge in [0.15, 0.2) is 0 Å². The van der Waals surface area contributed by atoms with E-state index >= 15 is 0 Å². The van der Waals surface area contributed by atoms with Gasteiger partial charge in [-0.3, -0.25) is 19.2 Å². The van der Waals surface area contributed by atoms with E-state index in [1.807, 2.05) is 0 Å². The summed E-state index contributed by atoms with van der Waals surface area (Å²) in [6.45, 7) is 5.72. The normalized spacial score (nSPS) is 16.1. The summed E-state index contributed by atoms with van der Waals surface area (Å²) in [5.41, 5.74) is 5.43. The predicted octanol–water partition coefficient (Wildman–Crippen LogP) is -2.23. The lowest BCUT2D eigenvalue weighted by molar-refractivity contribution is -0.144.